The molecule has 0 unspecified atom stereocenters. The summed E-state index contributed by atoms with van der Waals surface area (Å²) in [7, 11) is 0. The summed E-state index contributed by atoms with van der Waals surface area (Å²) in [4.78, 5) is 18.9. The van der Waals surface area contributed by atoms with Crippen molar-refractivity contribution in [2.75, 3.05) is 18.8 Å². The van der Waals surface area contributed by atoms with E-state index in [1.54, 1.807) is 0 Å². The number of aromatic nitrogens is 2. The molecule has 2 aromatic rings. The van der Waals surface area contributed by atoms with E-state index >= 15 is 0 Å². The second kappa shape index (κ2) is 9.44. The maximum absolute atomic E-state index is 12.5. The summed E-state index contributed by atoms with van der Waals surface area (Å²) in [5.74, 6) is 0.547. The molecule has 0 saturated carbocycles. The van der Waals surface area contributed by atoms with Gasteiger partial charge in [-0.2, -0.15) is 0 Å². The number of aliphatic hydroxyl groups excluding tert-OH is 1. The van der Waals surface area contributed by atoms with Crippen molar-refractivity contribution in [2.45, 2.75) is 44.0 Å². The van der Waals surface area contributed by atoms with Crippen molar-refractivity contribution in [3.8, 4) is 0 Å². The van der Waals surface area contributed by atoms with E-state index in [9.17, 15) is 9.90 Å². The summed E-state index contributed by atoms with van der Waals surface area (Å²) in [6, 6.07) is 7.66. The first-order valence-corrected chi connectivity index (χ1v) is 10.3. The summed E-state index contributed by atoms with van der Waals surface area (Å²) in [6.45, 7) is 2.24. The molecule has 7 heteroatoms. The van der Waals surface area contributed by atoms with E-state index in [1.807, 2.05) is 39.9 Å². The van der Waals surface area contributed by atoms with Gasteiger partial charge in [-0.15, -0.1) is 0 Å². The van der Waals surface area contributed by atoms with Gasteiger partial charge < -0.3 is 14.6 Å². The van der Waals surface area contributed by atoms with Crippen molar-refractivity contribution < 1.29 is 9.90 Å². The molecule has 0 bridgehead atoms. The van der Waals surface area contributed by atoms with E-state index in [0.29, 0.717) is 23.0 Å². The minimum Gasteiger partial charge on any atom is -0.390 e. The Morgan fingerprint density at radius 3 is 2.50 bits per heavy atom. The van der Waals surface area contributed by atoms with Crippen LogP contribution in [0.5, 0.6) is 0 Å². The molecule has 0 radical (unpaired) electrons. The van der Waals surface area contributed by atoms with Gasteiger partial charge in [0.1, 0.15) is 0 Å². The highest BCUT2D eigenvalue weighted by Gasteiger charge is 2.17. The fourth-order valence-electron chi connectivity index (χ4n) is 3.08. The zero-order valence-corrected chi connectivity index (χ0v) is 16.3. The number of thioether (sulfide) groups is 1. The number of carbonyl (C=O) groups excluding carboxylic acids is 1. The smallest absolute Gasteiger partial charge is 0.233 e. The van der Waals surface area contributed by atoms with E-state index in [0.717, 1.165) is 36.7 Å². The Hall–Kier alpha value is -1.50. The SMILES string of the molecule is O=C(CSc1nc(CO)cn1Cc1ccc(Cl)cc1)N1CCCCCC1. The summed E-state index contributed by atoms with van der Waals surface area (Å²) in [5, 5.41) is 10.9. The topological polar surface area (TPSA) is 58.4 Å². The largest absolute Gasteiger partial charge is 0.390 e. The second-order valence-corrected chi connectivity index (χ2v) is 7.89. The van der Waals surface area contributed by atoms with E-state index in [1.165, 1.54) is 24.6 Å². The number of aliphatic hydroxyl groups is 1. The molecule has 26 heavy (non-hydrogen) atoms. The molecule has 2 heterocycles. The van der Waals surface area contributed by atoms with Crippen LogP contribution in [0.1, 0.15) is 36.9 Å². The lowest BCUT2D eigenvalue weighted by Gasteiger charge is -2.20. The number of imidazole rings is 1. The van der Waals surface area contributed by atoms with Crippen molar-refractivity contribution >= 4 is 29.3 Å². The van der Waals surface area contributed by atoms with Gasteiger partial charge in [-0.3, -0.25) is 4.79 Å². The van der Waals surface area contributed by atoms with Crippen LogP contribution in [-0.2, 0) is 17.9 Å². The normalized spacial score (nSPS) is 15.1. The number of amides is 1. The fourth-order valence-corrected chi connectivity index (χ4v) is 4.11. The van der Waals surface area contributed by atoms with Crippen molar-refractivity contribution in [1.82, 2.24) is 14.5 Å². The third-order valence-electron chi connectivity index (χ3n) is 4.50. The summed E-state index contributed by atoms with van der Waals surface area (Å²) < 4.78 is 1.98. The van der Waals surface area contributed by atoms with Crippen LogP contribution in [0.3, 0.4) is 0 Å². The molecular weight excluding hydrogens is 370 g/mol. The molecule has 140 valence electrons. The van der Waals surface area contributed by atoms with Gasteiger partial charge in [0.15, 0.2) is 5.16 Å². The van der Waals surface area contributed by atoms with Crippen LogP contribution < -0.4 is 0 Å². The monoisotopic (exact) mass is 393 g/mol. The average Bonchev–Trinajstić information content (AvgIpc) is 2.84. The molecule has 1 aromatic heterocycles. The Kier molecular flexibility index (Phi) is 7.00. The summed E-state index contributed by atoms with van der Waals surface area (Å²) in [5.41, 5.74) is 1.71. The molecule has 1 aromatic carbocycles. The van der Waals surface area contributed by atoms with Gasteiger partial charge in [0.25, 0.3) is 0 Å². The van der Waals surface area contributed by atoms with Crippen LogP contribution in [0.4, 0.5) is 0 Å². The van der Waals surface area contributed by atoms with Gasteiger partial charge in [0, 0.05) is 30.9 Å². The maximum atomic E-state index is 12.5. The van der Waals surface area contributed by atoms with Crippen molar-refractivity contribution in [3.63, 3.8) is 0 Å². The van der Waals surface area contributed by atoms with Crippen LogP contribution in [0.2, 0.25) is 5.02 Å². The zero-order valence-electron chi connectivity index (χ0n) is 14.7. The van der Waals surface area contributed by atoms with Gasteiger partial charge >= 0.3 is 0 Å². The molecule has 1 aliphatic rings. The van der Waals surface area contributed by atoms with E-state index in [-0.39, 0.29) is 12.5 Å². The highest BCUT2D eigenvalue weighted by molar-refractivity contribution is 7.99. The first-order valence-electron chi connectivity index (χ1n) is 8.97. The number of hydrogen-bond acceptors (Lipinski definition) is 4. The number of rotatable bonds is 6. The molecule has 0 atom stereocenters. The Morgan fingerprint density at radius 2 is 1.85 bits per heavy atom. The zero-order chi connectivity index (χ0) is 18.4. The molecule has 0 spiro atoms. The number of benzene rings is 1. The summed E-state index contributed by atoms with van der Waals surface area (Å²) in [6.07, 6.45) is 6.45. The Bertz CT molecular complexity index is 725. The lowest BCUT2D eigenvalue weighted by molar-refractivity contribution is -0.128. The predicted molar refractivity (Wildman–Crippen MR) is 104 cm³/mol. The van der Waals surface area contributed by atoms with Crippen molar-refractivity contribution in [1.29, 1.82) is 0 Å². The first kappa shape index (κ1) is 19.3. The highest BCUT2D eigenvalue weighted by atomic mass is 35.5. The molecule has 1 saturated heterocycles. The number of nitrogens with zero attached hydrogens (tertiary/aromatic N) is 3. The second-order valence-electron chi connectivity index (χ2n) is 6.51. The molecule has 1 amide bonds. The lowest BCUT2D eigenvalue weighted by Crippen LogP contribution is -2.33. The van der Waals surface area contributed by atoms with Gasteiger partial charge in [-0.05, 0) is 30.5 Å². The van der Waals surface area contributed by atoms with Gasteiger partial charge in [0.2, 0.25) is 5.91 Å². The minimum atomic E-state index is -0.110. The van der Waals surface area contributed by atoms with E-state index < -0.39 is 0 Å². The molecule has 1 fully saturated rings. The number of hydrogen-bond donors (Lipinski definition) is 1. The van der Waals surface area contributed by atoms with Gasteiger partial charge in [-0.1, -0.05) is 48.3 Å². The molecule has 5 nitrogen and oxygen atoms in total. The Balaban J connectivity index is 1.65. The third kappa shape index (κ3) is 5.25. The van der Waals surface area contributed by atoms with E-state index in [2.05, 4.69) is 4.98 Å². The van der Waals surface area contributed by atoms with Crippen molar-refractivity contribution in [3.05, 3.63) is 46.7 Å². The third-order valence-corrected chi connectivity index (χ3v) is 5.73. The quantitative estimate of drug-likeness (QED) is 0.762. The predicted octanol–water partition coefficient (Wildman–Crippen LogP) is 3.57. The lowest BCUT2D eigenvalue weighted by atomic mass is 10.2. The summed E-state index contributed by atoms with van der Waals surface area (Å²) >= 11 is 7.38. The Labute approximate surface area is 163 Å². The number of carbonyl (C=O) groups is 1. The molecular formula is C19H24ClN3O2S. The highest BCUT2D eigenvalue weighted by Crippen LogP contribution is 2.21. The van der Waals surface area contributed by atoms with Crippen LogP contribution in [0.15, 0.2) is 35.6 Å². The number of likely N-dealkylation sites (tertiary alicyclic amines) is 1. The van der Waals surface area contributed by atoms with Crippen LogP contribution >= 0.6 is 23.4 Å². The van der Waals surface area contributed by atoms with Crippen LogP contribution in [0.25, 0.3) is 0 Å². The number of halogens is 1. The Morgan fingerprint density at radius 1 is 1.15 bits per heavy atom. The fraction of sp³-hybridized carbons (Fsp3) is 0.474. The molecule has 3 rings (SSSR count). The maximum Gasteiger partial charge on any atom is 0.233 e. The first-order chi connectivity index (χ1) is 12.7. The van der Waals surface area contributed by atoms with Crippen LogP contribution in [0, 0.1) is 0 Å². The molecule has 0 aliphatic carbocycles. The van der Waals surface area contributed by atoms with E-state index in [4.69, 9.17) is 11.6 Å². The standard InChI is InChI=1S/C19H24ClN3O2S/c20-16-7-5-15(6-8-16)11-23-12-17(13-24)21-19(23)26-14-18(25)22-9-3-1-2-4-10-22/h5-8,12,24H,1-4,9-11,13-14H2. The molecule has 1 aliphatic heterocycles. The van der Waals surface area contributed by atoms with Crippen molar-refractivity contribution in [2.24, 2.45) is 0 Å². The van der Waals surface area contributed by atoms with Gasteiger partial charge in [-0.25, -0.2) is 4.98 Å². The molecule has 1 N–H and O–H groups in total. The van der Waals surface area contributed by atoms with Gasteiger partial charge in [0.05, 0.1) is 18.1 Å². The van der Waals surface area contributed by atoms with Crippen LogP contribution in [-0.4, -0.2) is 44.3 Å². The minimum absolute atomic E-state index is 0.110. The average molecular weight is 394 g/mol.